The second kappa shape index (κ2) is 8.13. The van der Waals surface area contributed by atoms with Gasteiger partial charge in [-0.15, -0.1) is 0 Å². The first kappa shape index (κ1) is 17.4. The SMILES string of the molecule is Cc1nc(CN2CCCN(C(C)C(=O)Nc3ncccn3)CC2)no1. The second-order valence-electron chi connectivity index (χ2n) is 6.13. The lowest BCUT2D eigenvalue weighted by molar-refractivity contribution is -0.120. The largest absolute Gasteiger partial charge is 0.340 e. The van der Waals surface area contributed by atoms with Gasteiger partial charge in [0.25, 0.3) is 0 Å². The highest BCUT2D eigenvalue weighted by molar-refractivity contribution is 5.93. The van der Waals surface area contributed by atoms with Crippen molar-refractivity contribution in [3.8, 4) is 0 Å². The van der Waals surface area contributed by atoms with Gasteiger partial charge in [0, 0.05) is 39.0 Å². The number of nitrogens with one attached hydrogen (secondary N) is 1. The number of anilines is 1. The van der Waals surface area contributed by atoms with Gasteiger partial charge in [-0.1, -0.05) is 5.16 Å². The Morgan fingerprint density at radius 2 is 2.08 bits per heavy atom. The number of rotatable bonds is 5. The van der Waals surface area contributed by atoms with E-state index in [0.29, 0.717) is 24.2 Å². The monoisotopic (exact) mass is 345 g/mol. The quantitative estimate of drug-likeness (QED) is 0.845. The van der Waals surface area contributed by atoms with Crippen molar-refractivity contribution in [3.05, 3.63) is 30.2 Å². The van der Waals surface area contributed by atoms with Gasteiger partial charge in [0.05, 0.1) is 12.6 Å². The van der Waals surface area contributed by atoms with Crippen LogP contribution in [0.5, 0.6) is 0 Å². The first-order valence-electron chi connectivity index (χ1n) is 8.45. The Hall–Kier alpha value is -2.39. The highest BCUT2D eigenvalue weighted by Crippen LogP contribution is 2.11. The van der Waals surface area contributed by atoms with Crippen LogP contribution in [0.3, 0.4) is 0 Å². The van der Waals surface area contributed by atoms with Crippen molar-refractivity contribution in [1.29, 1.82) is 0 Å². The maximum absolute atomic E-state index is 12.4. The van der Waals surface area contributed by atoms with Crippen LogP contribution in [0.1, 0.15) is 25.1 Å². The number of carbonyl (C=O) groups is 1. The maximum Gasteiger partial charge on any atom is 0.243 e. The average molecular weight is 345 g/mol. The summed E-state index contributed by atoms with van der Waals surface area (Å²) in [7, 11) is 0. The lowest BCUT2D eigenvalue weighted by Gasteiger charge is -2.26. The number of hydrogen-bond donors (Lipinski definition) is 1. The van der Waals surface area contributed by atoms with Crippen LogP contribution in [0, 0.1) is 6.92 Å². The molecular formula is C16H23N7O2. The van der Waals surface area contributed by atoms with E-state index in [9.17, 15) is 4.79 Å². The molecule has 1 atom stereocenters. The summed E-state index contributed by atoms with van der Waals surface area (Å²) >= 11 is 0. The number of amides is 1. The fourth-order valence-electron chi connectivity index (χ4n) is 2.89. The van der Waals surface area contributed by atoms with E-state index < -0.39 is 0 Å². The molecule has 134 valence electrons. The molecule has 3 rings (SSSR count). The molecule has 2 aromatic heterocycles. The zero-order valence-corrected chi connectivity index (χ0v) is 14.6. The van der Waals surface area contributed by atoms with E-state index in [1.165, 1.54) is 0 Å². The third kappa shape index (κ3) is 4.80. The number of nitrogens with zero attached hydrogens (tertiary/aromatic N) is 6. The molecule has 1 N–H and O–H groups in total. The molecule has 1 aliphatic heterocycles. The van der Waals surface area contributed by atoms with Crippen molar-refractivity contribution in [2.24, 2.45) is 0 Å². The fraction of sp³-hybridized carbons (Fsp3) is 0.562. The summed E-state index contributed by atoms with van der Waals surface area (Å²) in [6.07, 6.45) is 4.20. The minimum atomic E-state index is -0.240. The first-order chi connectivity index (χ1) is 12.1. The van der Waals surface area contributed by atoms with Gasteiger partial charge in [-0.3, -0.25) is 19.9 Å². The Labute approximate surface area is 146 Å². The highest BCUT2D eigenvalue weighted by atomic mass is 16.5. The van der Waals surface area contributed by atoms with Crippen LogP contribution in [-0.4, -0.2) is 68.0 Å². The van der Waals surface area contributed by atoms with E-state index in [2.05, 4.69) is 35.2 Å². The van der Waals surface area contributed by atoms with Crippen molar-refractivity contribution in [2.75, 3.05) is 31.5 Å². The number of hydrogen-bond acceptors (Lipinski definition) is 8. The molecule has 9 heteroatoms. The molecule has 3 heterocycles. The molecule has 1 saturated heterocycles. The van der Waals surface area contributed by atoms with E-state index in [1.54, 1.807) is 25.4 Å². The first-order valence-corrected chi connectivity index (χ1v) is 8.45. The van der Waals surface area contributed by atoms with Crippen LogP contribution in [0.15, 0.2) is 23.0 Å². The third-order valence-corrected chi connectivity index (χ3v) is 4.29. The molecule has 1 amide bonds. The van der Waals surface area contributed by atoms with Gasteiger partial charge in [-0.2, -0.15) is 4.98 Å². The number of carbonyl (C=O) groups excluding carboxylic acids is 1. The Balaban J connectivity index is 1.52. The standard InChI is InChI=1S/C16H23N7O2/c1-12(15(24)20-16-17-5-3-6-18-16)23-8-4-7-22(9-10-23)11-14-19-13(2)25-21-14/h3,5-6,12H,4,7-11H2,1-2H3,(H,17,18,20,24). The predicted molar refractivity (Wildman–Crippen MR) is 90.6 cm³/mol. The van der Waals surface area contributed by atoms with Crippen LogP contribution in [0.4, 0.5) is 5.95 Å². The van der Waals surface area contributed by atoms with E-state index in [1.807, 2.05) is 6.92 Å². The summed E-state index contributed by atoms with van der Waals surface area (Å²) < 4.78 is 5.02. The van der Waals surface area contributed by atoms with Gasteiger partial charge in [-0.05, 0) is 26.0 Å². The van der Waals surface area contributed by atoms with Crippen molar-refractivity contribution in [2.45, 2.75) is 32.9 Å². The van der Waals surface area contributed by atoms with Crippen LogP contribution < -0.4 is 5.32 Å². The van der Waals surface area contributed by atoms with Crippen LogP contribution >= 0.6 is 0 Å². The second-order valence-corrected chi connectivity index (χ2v) is 6.13. The summed E-state index contributed by atoms with van der Waals surface area (Å²) in [5.41, 5.74) is 0. The zero-order chi connectivity index (χ0) is 17.6. The molecule has 0 aliphatic carbocycles. The molecule has 25 heavy (non-hydrogen) atoms. The molecule has 1 unspecified atom stereocenters. The summed E-state index contributed by atoms with van der Waals surface area (Å²) in [6.45, 7) is 7.85. The average Bonchev–Trinajstić information content (AvgIpc) is 2.88. The minimum Gasteiger partial charge on any atom is -0.340 e. The number of aromatic nitrogens is 4. The normalized spacial score (nSPS) is 17.8. The minimum absolute atomic E-state index is 0.0894. The maximum atomic E-state index is 12.4. The molecular weight excluding hydrogens is 322 g/mol. The third-order valence-electron chi connectivity index (χ3n) is 4.29. The van der Waals surface area contributed by atoms with Crippen LogP contribution in [0.25, 0.3) is 0 Å². The molecule has 0 bridgehead atoms. The van der Waals surface area contributed by atoms with Crippen molar-refractivity contribution < 1.29 is 9.32 Å². The number of aryl methyl sites for hydroxylation is 1. The summed E-state index contributed by atoms with van der Waals surface area (Å²) in [5.74, 6) is 1.54. The Kier molecular flexibility index (Phi) is 5.67. The lowest BCUT2D eigenvalue weighted by atomic mass is 10.2. The van der Waals surface area contributed by atoms with Gasteiger partial charge in [0.1, 0.15) is 0 Å². The molecule has 2 aromatic rings. The van der Waals surface area contributed by atoms with Gasteiger partial charge >= 0.3 is 0 Å². The molecule has 1 aliphatic rings. The highest BCUT2D eigenvalue weighted by Gasteiger charge is 2.25. The van der Waals surface area contributed by atoms with Gasteiger partial charge in [0.2, 0.25) is 17.7 Å². The van der Waals surface area contributed by atoms with Crippen molar-refractivity contribution in [1.82, 2.24) is 29.9 Å². The molecule has 0 radical (unpaired) electrons. The van der Waals surface area contributed by atoms with Crippen molar-refractivity contribution >= 4 is 11.9 Å². The molecule has 9 nitrogen and oxygen atoms in total. The van der Waals surface area contributed by atoms with E-state index in [4.69, 9.17) is 4.52 Å². The topological polar surface area (TPSA) is 100 Å². The Morgan fingerprint density at radius 1 is 1.28 bits per heavy atom. The Morgan fingerprint density at radius 3 is 2.80 bits per heavy atom. The summed E-state index contributed by atoms with van der Waals surface area (Å²) in [4.78, 5) is 29.2. The predicted octanol–water partition coefficient (Wildman–Crippen LogP) is 0.703. The summed E-state index contributed by atoms with van der Waals surface area (Å²) in [6, 6.07) is 1.48. The van der Waals surface area contributed by atoms with E-state index >= 15 is 0 Å². The smallest absolute Gasteiger partial charge is 0.243 e. The van der Waals surface area contributed by atoms with Gasteiger partial charge < -0.3 is 4.52 Å². The van der Waals surface area contributed by atoms with Crippen LogP contribution in [-0.2, 0) is 11.3 Å². The van der Waals surface area contributed by atoms with E-state index in [-0.39, 0.29) is 11.9 Å². The van der Waals surface area contributed by atoms with Gasteiger partial charge in [0.15, 0.2) is 5.82 Å². The Bertz CT molecular complexity index is 691. The zero-order valence-electron chi connectivity index (χ0n) is 14.6. The molecule has 0 saturated carbocycles. The molecule has 1 fully saturated rings. The molecule has 0 spiro atoms. The van der Waals surface area contributed by atoms with Crippen LogP contribution in [0.2, 0.25) is 0 Å². The van der Waals surface area contributed by atoms with Crippen molar-refractivity contribution in [3.63, 3.8) is 0 Å². The summed E-state index contributed by atoms with van der Waals surface area (Å²) in [5, 5.41) is 6.71. The lowest BCUT2D eigenvalue weighted by Crippen LogP contribution is -2.44. The van der Waals surface area contributed by atoms with Gasteiger partial charge in [-0.25, -0.2) is 9.97 Å². The van der Waals surface area contributed by atoms with E-state index in [0.717, 1.165) is 32.6 Å². The fourth-order valence-corrected chi connectivity index (χ4v) is 2.89. The molecule has 0 aromatic carbocycles.